The number of hydrogen-bond acceptors (Lipinski definition) is 6. The van der Waals surface area contributed by atoms with Gasteiger partial charge in [0, 0.05) is 12.4 Å². The fourth-order valence-corrected chi connectivity index (χ4v) is 1.38. The van der Waals surface area contributed by atoms with Gasteiger partial charge in [-0.15, -0.1) is 0 Å². The third kappa shape index (κ3) is 3.56. The molecule has 0 atom stereocenters. The zero-order valence-electron chi connectivity index (χ0n) is 10.0. The van der Waals surface area contributed by atoms with Crippen LogP contribution in [0.1, 0.15) is 19.7 Å². The molecule has 2 aromatic heterocycles. The van der Waals surface area contributed by atoms with Gasteiger partial charge in [0.2, 0.25) is 11.2 Å². The summed E-state index contributed by atoms with van der Waals surface area (Å²) in [7, 11) is 0. The molecule has 2 rings (SSSR count). The van der Waals surface area contributed by atoms with Gasteiger partial charge in [0.1, 0.15) is 5.82 Å². The number of H-pyrrole nitrogens is 1. The fraction of sp³-hybridized carbons (Fsp3) is 0.400. The molecular weight excluding hydrogens is 256 g/mol. The molecule has 0 amide bonds. The highest BCUT2D eigenvalue weighted by Gasteiger charge is 2.07. The summed E-state index contributed by atoms with van der Waals surface area (Å²) in [5, 5.41) is 3.07. The Kier molecular flexibility index (Phi) is 3.93. The number of nitrogens with zero attached hydrogens (tertiary/aromatic N) is 4. The molecule has 0 fully saturated rings. The van der Waals surface area contributed by atoms with E-state index in [-0.39, 0.29) is 17.4 Å². The Labute approximate surface area is 109 Å². The average molecular weight is 269 g/mol. The monoisotopic (exact) mass is 268 g/mol. The van der Waals surface area contributed by atoms with Gasteiger partial charge in [-0.25, -0.2) is 4.98 Å². The first kappa shape index (κ1) is 12.6. The van der Waals surface area contributed by atoms with Crippen LogP contribution in [0.2, 0.25) is 5.28 Å². The van der Waals surface area contributed by atoms with Gasteiger partial charge in [0.05, 0.1) is 12.6 Å². The van der Waals surface area contributed by atoms with Crippen molar-refractivity contribution in [2.45, 2.75) is 26.5 Å². The largest absolute Gasteiger partial charge is 0.461 e. The molecule has 0 aliphatic rings. The van der Waals surface area contributed by atoms with Crippen LogP contribution in [0.3, 0.4) is 0 Å². The van der Waals surface area contributed by atoms with Crippen molar-refractivity contribution >= 4 is 17.5 Å². The molecule has 7 nitrogen and oxygen atoms in total. The van der Waals surface area contributed by atoms with Crippen LogP contribution >= 0.6 is 11.6 Å². The molecule has 0 aliphatic carbocycles. The Morgan fingerprint density at radius 3 is 2.89 bits per heavy atom. The zero-order valence-corrected chi connectivity index (χ0v) is 10.8. The first-order valence-corrected chi connectivity index (χ1v) is 5.81. The van der Waals surface area contributed by atoms with Crippen molar-refractivity contribution < 1.29 is 4.74 Å². The van der Waals surface area contributed by atoms with Gasteiger partial charge in [0.15, 0.2) is 0 Å². The minimum atomic E-state index is -0.0265. The smallest absolute Gasteiger partial charge is 0.322 e. The first-order valence-electron chi connectivity index (χ1n) is 5.44. The number of rotatable bonds is 5. The Morgan fingerprint density at radius 2 is 2.22 bits per heavy atom. The van der Waals surface area contributed by atoms with Crippen LogP contribution < -0.4 is 10.1 Å². The number of aromatic nitrogens is 5. The maximum absolute atomic E-state index is 5.79. The van der Waals surface area contributed by atoms with Crippen molar-refractivity contribution in [1.82, 2.24) is 24.9 Å². The highest BCUT2D eigenvalue weighted by Crippen LogP contribution is 2.12. The Morgan fingerprint density at radius 1 is 1.39 bits per heavy atom. The summed E-state index contributed by atoms with van der Waals surface area (Å²) in [6, 6.07) is 0.201. The Bertz CT molecular complexity index is 501. The molecule has 8 heteroatoms. The number of nitrogens with one attached hydrogen (secondary N) is 2. The third-order valence-corrected chi connectivity index (χ3v) is 2.07. The van der Waals surface area contributed by atoms with E-state index >= 15 is 0 Å². The summed E-state index contributed by atoms with van der Waals surface area (Å²) >= 11 is 5.79. The zero-order chi connectivity index (χ0) is 13.0. The molecule has 2 heterocycles. The molecule has 0 saturated carbocycles. The van der Waals surface area contributed by atoms with Crippen molar-refractivity contribution in [2.24, 2.45) is 0 Å². The van der Waals surface area contributed by atoms with Crippen molar-refractivity contribution in [3.63, 3.8) is 0 Å². The maximum Gasteiger partial charge on any atom is 0.322 e. The number of halogens is 1. The summed E-state index contributed by atoms with van der Waals surface area (Å²) in [4.78, 5) is 18.9. The summed E-state index contributed by atoms with van der Waals surface area (Å²) < 4.78 is 5.36. The van der Waals surface area contributed by atoms with Gasteiger partial charge in [0.25, 0.3) is 0 Å². The summed E-state index contributed by atoms with van der Waals surface area (Å²) in [6.45, 7) is 4.23. The number of anilines is 1. The van der Waals surface area contributed by atoms with Crippen molar-refractivity contribution in [3.8, 4) is 6.01 Å². The van der Waals surface area contributed by atoms with Gasteiger partial charge in [-0.3, -0.25) is 0 Å². The van der Waals surface area contributed by atoms with Crippen LogP contribution in [-0.2, 0) is 6.54 Å². The standard InChI is InChI=1S/C10H13ClN6O/c1-6(2)18-10-16-8(11)15-9(17-10)14-5-7-12-3-4-13-7/h3-4,6H,5H2,1-2H3,(H,12,13)(H,14,15,16,17). The average Bonchev–Trinajstić information content (AvgIpc) is 2.77. The molecule has 0 spiro atoms. The van der Waals surface area contributed by atoms with Crippen LogP contribution in [0.4, 0.5) is 5.95 Å². The molecule has 96 valence electrons. The van der Waals surface area contributed by atoms with Crippen molar-refractivity contribution in [2.75, 3.05) is 5.32 Å². The number of ether oxygens (including phenoxy) is 1. The molecule has 0 aromatic carbocycles. The summed E-state index contributed by atoms with van der Waals surface area (Å²) in [5.41, 5.74) is 0. The van der Waals surface area contributed by atoms with Crippen LogP contribution in [0.5, 0.6) is 6.01 Å². The van der Waals surface area contributed by atoms with Crippen LogP contribution in [0.15, 0.2) is 12.4 Å². The minimum Gasteiger partial charge on any atom is -0.461 e. The molecule has 0 bridgehead atoms. The van der Waals surface area contributed by atoms with E-state index in [9.17, 15) is 0 Å². The van der Waals surface area contributed by atoms with E-state index in [1.807, 2.05) is 13.8 Å². The first-order chi connectivity index (χ1) is 8.63. The highest BCUT2D eigenvalue weighted by molar-refractivity contribution is 6.28. The van der Waals surface area contributed by atoms with E-state index < -0.39 is 0 Å². The molecule has 0 radical (unpaired) electrons. The van der Waals surface area contributed by atoms with E-state index in [4.69, 9.17) is 16.3 Å². The lowest BCUT2D eigenvalue weighted by molar-refractivity contribution is 0.222. The predicted molar refractivity (Wildman–Crippen MR) is 66.5 cm³/mol. The minimum absolute atomic E-state index is 0.0265. The second-order valence-corrected chi connectivity index (χ2v) is 4.10. The van der Waals surface area contributed by atoms with Gasteiger partial charge < -0.3 is 15.0 Å². The van der Waals surface area contributed by atoms with E-state index in [2.05, 4.69) is 30.2 Å². The van der Waals surface area contributed by atoms with Crippen LogP contribution in [0, 0.1) is 0 Å². The molecule has 18 heavy (non-hydrogen) atoms. The summed E-state index contributed by atoms with van der Waals surface area (Å²) in [6.07, 6.45) is 3.39. The molecule has 0 saturated heterocycles. The van der Waals surface area contributed by atoms with Gasteiger partial charge in [-0.05, 0) is 25.4 Å². The van der Waals surface area contributed by atoms with Gasteiger partial charge in [-0.2, -0.15) is 15.0 Å². The van der Waals surface area contributed by atoms with E-state index in [0.29, 0.717) is 12.5 Å². The Hall–Kier alpha value is -1.89. The summed E-state index contributed by atoms with van der Waals surface area (Å²) in [5.74, 6) is 1.12. The van der Waals surface area contributed by atoms with Gasteiger partial charge in [-0.1, -0.05) is 0 Å². The SMILES string of the molecule is CC(C)Oc1nc(Cl)nc(NCc2ncc[nH]2)n1. The van der Waals surface area contributed by atoms with Crippen LogP contribution in [0.25, 0.3) is 0 Å². The quantitative estimate of drug-likeness (QED) is 0.857. The Balaban J connectivity index is 2.05. The number of hydrogen-bond donors (Lipinski definition) is 2. The molecular formula is C10H13ClN6O. The number of imidazole rings is 1. The van der Waals surface area contributed by atoms with Gasteiger partial charge >= 0.3 is 6.01 Å². The van der Waals surface area contributed by atoms with Crippen LogP contribution in [-0.4, -0.2) is 31.0 Å². The fourth-order valence-electron chi connectivity index (χ4n) is 1.23. The second-order valence-electron chi connectivity index (χ2n) is 3.77. The molecule has 0 unspecified atom stereocenters. The number of aromatic amines is 1. The predicted octanol–water partition coefficient (Wildman–Crippen LogP) is 1.65. The molecule has 2 aromatic rings. The lowest BCUT2D eigenvalue weighted by Crippen LogP contribution is -2.11. The van der Waals surface area contributed by atoms with E-state index in [1.165, 1.54) is 0 Å². The van der Waals surface area contributed by atoms with Crippen molar-refractivity contribution in [1.29, 1.82) is 0 Å². The van der Waals surface area contributed by atoms with E-state index in [0.717, 1.165) is 5.82 Å². The van der Waals surface area contributed by atoms with E-state index in [1.54, 1.807) is 12.4 Å². The highest BCUT2D eigenvalue weighted by atomic mass is 35.5. The van der Waals surface area contributed by atoms with Crippen molar-refractivity contribution in [3.05, 3.63) is 23.5 Å². The molecule has 2 N–H and O–H groups in total. The normalized spacial score (nSPS) is 10.7. The maximum atomic E-state index is 5.79. The topological polar surface area (TPSA) is 88.6 Å². The lowest BCUT2D eigenvalue weighted by Gasteiger charge is -2.09. The molecule has 0 aliphatic heterocycles. The third-order valence-electron chi connectivity index (χ3n) is 1.90. The lowest BCUT2D eigenvalue weighted by atomic mass is 10.5. The second kappa shape index (κ2) is 5.63.